The molecule has 0 N–H and O–H groups in total. The summed E-state index contributed by atoms with van der Waals surface area (Å²) in [4.78, 5) is 14.0. The molecular formula is C22H26ClN5O. The fourth-order valence-corrected chi connectivity index (χ4v) is 3.71. The Balaban J connectivity index is 1.48. The van der Waals surface area contributed by atoms with Crippen LogP contribution in [-0.2, 0) is 6.54 Å². The monoisotopic (exact) mass is 411 g/mol. The second-order valence-electron chi connectivity index (χ2n) is 7.73. The number of pyridine rings is 1. The van der Waals surface area contributed by atoms with Crippen molar-refractivity contribution in [2.45, 2.75) is 32.7 Å². The summed E-state index contributed by atoms with van der Waals surface area (Å²) in [5.41, 5.74) is 2.19. The van der Waals surface area contributed by atoms with E-state index in [1.54, 1.807) is 0 Å². The van der Waals surface area contributed by atoms with Crippen molar-refractivity contribution < 1.29 is 4.52 Å². The van der Waals surface area contributed by atoms with Crippen LogP contribution in [0, 0.1) is 0 Å². The first-order chi connectivity index (χ1) is 14.1. The maximum atomic E-state index is 6.01. The van der Waals surface area contributed by atoms with Crippen LogP contribution >= 0.6 is 11.6 Å². The normalized spacial score (nSPS) is 15.7. The Kier molecular flexibility index (Phi) is 6.11. The van der Waals surface area contributed by atoms with Crippen LogP contribution in [0.15, 0.2) is 47.1 Å². The average Bonchev–Trinajstić information content (AvgIpc) is 3.11. The Labute approximate surface area is 176 Å². The molecule has 0 spiro atoms. The quantitative estimate of drug-likeness (QED) is 0.610. The van der Waals surface area contributed by atoms with Crippen LogP contribution in [0.3, 0.4) is 0 Å². The van der Waals surface area contributed by atoms with Gasteiger partial charge in [0, 0.05) is 49.9 Å². The topological polar surface area (TPSA) is 58.3 Å². The summed E-state index contributed by atoms with van der Waals surface area (Å²) in [5, 5.41) is 4.89. The third kappa shape index (κ3) is 4.77. The van der Waals surface area contributed by atoms with Crippen LogP contribution in [0.1, 0.15) is 37.6 Å². The van der Waals surface area contributed by atoms with Crippen molar-refractivity contribution in [2.24, 2.45) is 0 Å². The van der Waals surface area contributed by atoms with E-state index in [-0.39, 0.29) is 5.92 Å². The molecule has 2 aromatic heterocycles. The zero-order chi connectivity index (χ0) is 20.2. The van der Waals surface area contributed by atoms with Gasteiger partial charge in [0.25, 0.3) is 5.89 Å². The molecule has 0 radical (unpaired) electrons. The van der Waals surface area contributed by atoms with Gasteiger partial charge in [-0.25, -0.2) is 4.98 Å². The number of hydrogen-bond donors (Lipinski definition) is 0. The number of anilines is 1. The van der Waals surface area contributed by atoms with Crippen LogP contribution < -0.4 is 4.90 Å². The summed E-state index contributed by atoms with van der Waals surface area (Å²) in [7, 11) is 0. The van der Waals surface area contributed by atoms with Gasteiger partial charge < -0.3 is 9.42 Å². The van der Waals surface area contributed by atoms with E-state index in [1.807, 2.05) is 30.5 Å². The summed E-state index contributed by atoms with van der Waals surface area (Å²) in [6.07, 6.45) is 2.90. The van der Waals surface area contributed by atoms with Crippen LogP contribution in [0.5, 0.6) is 0 Å². The lowest BCUT2D eigenvalue weighted by molar-refractivity contribution is 0.285. The first kappa shape index (κ1) is 19.9. The number of nitrogens with zero attached hydrogens (tertiary/aromatic N) is 5. The number of aromatic nitrogens is 3. The Morgan fingerprint density at radius 1 is 1.07 bits per heavy atom. The van der Waals surface area contributed by atoms with Gasteiger partial charge in [0.2, 0.25) is 0 Å². The molecule has 29 heavy (non-hydrogen) atoms. The van der Waals surface area contributed by atoms with Gasteiger partial charge in [-0.15, -0.1) is 0 Å². The number of rotatable bonds is 5. The molecule has 4 rings (SSSR count). The van der Waals surface area contributed by atoms with E-state index in [2.05, 4.69) is 50.9 Å². The highest BCUT2D eigenvalue weighted by atomic mass is 35.5. The van der Waals surface area contributed by atoms with E-state index < -0.39 is 0 Å². The number of benzene rings is 1. The van der Waals surface area contributed by atoms with Gasteiger partial charge in [-0.2, -0.15) is 4.98 Å². The SMILES string of the molecule is CC(C)c1noc(-c2cccnc2N2CCCN(Cc3ccc(Cl)cc3)CC2)n1. The van der Waals surface area contributed by atoms with Gasteiger partial charge in [0.05, 0.1) is 5.56 Å². The second-order valence-corrected chi connectivity index (χ2v) is 8.17. The van der Waals surface area contributed by atoms with E-state index in [9.17, 15) is 0 Å². The fourth-order valence-electron chi connectivity index (χ4n) is 3.58. The minimum atomic E-state index is 0.229. The summed E-state index contributed by atoms with van der Waals surface area (Å²) in [5.74, 6) is 2.41. The maximum Gasteiger partial charge on any atom is 0.261 e. The second kappa shape index (κ2) is 8.93. The molecule has 1 aromatic carbocycles. The molecule has 1 aliphatic rings. The van der Waals surface area contributed by atoms with Crippen molar-refractivity contribution in [3.8, 4) is 11.5 Å². The minimum absolute atomic E-state index is 0.229. The molecular weight excluding hydrogens is 386 g/mol. The van der Waals surface area contributed by atoms with Crippen molar-refractivity contribution in [3.05, 3.63) is 59.0 Å². The molecule has 3 heterocycles. The highest BCUT2D eigenvalue weighted by Gasteiger charge is 2.22. The highest BCUT2D eigenvalue weighted by molar-refractivity contribution is 6.30. The first-order valence-corrected chi connectivity index (χ1v) is 10.5. The van der Waals surface area contributed by atoms with Gasteiger partial charge in [-0.1, -0.05) is 42.7 Å². The molecule has 3 aromatic rings. The van der Waals surface area contributed by atoms with Crippen molar-refractivity contribution in [3.63, 3.8) is 0 Å². The lowest BCUT2D eigenvalue weighted by Gasteiger charge is -2.24. The molecule has 0 saturated carbocycles. The summed E-state index contributed by atoms with van der Waals surface area (Å²) in [6.45, 7) is 8.93. The van der Waals surface area contributed by atoms with Gasteiger partial charge >= 0.3 is 0 Å². The number of halogens is 1. The third-order valence-electron chi connectivity index (χ3n) is 5.18. The van der Waals surface area contributed by atoms with Crippen molar-refractivity contribution in [2.75, 3.05) is 31.1 Å². The predicted octanol–water partition coefficient (Wildman–Crippen LogP) is 4.62. The fraction of sp³-hybridized carbons (Fsp3) is 0.409. The van der Waals surface area contributed by atoms with Crippen LogP contribution in [0.4, 0.5) is 5.82 Å². The molecule has 0 amide bonds. The third-order valence-corrected chi connectivity index (χ3v) is 5.43. The summed E-state index contributed by atoms with van der Waals surface area (Å²) in [6, 6.07) is 12.0. The van der Waals surface area contributed by atoms with E-state index in [1.165, 1.54) is 5.56 Å². The zero-order valence-corrected chi connectivity index (χ0v) is 17.6. The molecule has 6 nitrogen and oxygen atoms in total. The van der Waals surface area contributed by atoms with E-state index in [0.29, 0.717) is 5.89 Å². The zero-order valence-electron chi connectivity index (χ0n) is 16.9. The predicted molar refractivity (Wildman–Crippen MR) is 115 cm³/mol. The Morgan fingerprint density at radius 2 is 1.90 bits per heavy atom. The molecule has 7 heteroatoms. The van der Waals surface area contributed by atoms with E-state index >= 15 is 0 Å². The Morgan fingerprint density at radius 3 is 2.66 bits per heavy atom. The van der Waals surface area contributed by atoms with Gasteiger partial charge in [-0.05, 0) is 36.2 Å². The standard InChI is InChI=1S/C22H26ClN5O/c1-16(2)20-25-22(29-26-20)19-5-3-10-24-21(19)28-12-4-11-27(13-14-28)15-17-6-8-18(23)9-7-17/h3,5-10,16H,4,11-15H2,1-2H3. The molecule has 1 aliphatic heterocycles. The molecule has 0 bridgehead atoms. The van der Waals surface area contributed by atoms with Crippen molar-refractivity contribution >= 4 is 17.4 Å². The van der Waals surface area contributed by atoms with Crippen LogP contribution in [-0.4, -0.2) is 46.2 Å². The largest absolute Gasteiger partial charge is 0.355 e. The Bertz CT molecular complexity index is 940. The van der Waals surface area contributed by atoms with Gasteiger partial charge in [0.1, 0.15) is 5.82 Å². The van der Waals surface area contributed by atoms with Crippen LogP contribution in [0.25, 0.3) is 11.5 Å². The molecule has 152 valence electrons. The van der Waals surface area contributed by atoms with Crippen LogP contribution in [0.2, 0.25) is 5.02 Å². The minimum Gasteiger partial charge on any atom is -0.355 e. The lowest BCUT2D eigenvalue weighted by Crippen LogP contribution is -2.31. The summed E-state index contributed by atoms with van der Waals surface area (Å²) < 4.78 is 5.54. The molecule has 0 atom stereocenters. The van der Waals surface area contributed by atoms with Crippen molar-refractivity contribution in [1.82, 2.24) is 20.0 Å². The van der Waals surface area contributed by atoms with E-state index in [0.717, 1.165) is 61.4 Å². The molecule has 1 saturated heterocycles. The highest BCUT2D eigenvalue weighted by Crippen LogP contribution is 2.29. The average molecular weight is 412 g/mol. The Hall–Kier alpha value is -2.44. The van der Waals surface area contributed by atoms with E-state index in [4.69, 9.17) is 16.1 Å². The van der Waals surface area contributed by atoms with Gasteiger partial charge in [-0.3, -0.25) is 4.90 Å². The number of hydrogen-bond acceptors (Lipinski definition) is 6. The first-order valence-electron chi connectivity index (χ1n) is 10.1. The molecule has 0 aliphatic carbocycles. The molecule has 1 fully saturated rings. The maximum absolute atomic E-state index is 6.01. The van der Waals surface area contributed by atoms with Gasteiger partial charge in [0.15, 0.2) is 5.82 Å². The molecule has 0 unspecified atom stereocenters. The smallest absolute Gasteiger partial charge is 0.261 e. The summed E-state index contributed by atoms with van der Waals surface area (Å²) >= 11 is 6.01. The lowest BCUT2D eigenvalue weighted by atomic mass is 10.2. The van der Waals surface area contributed by atoms with Crippen molar-refractivity contribution in [1.29, 1.82) is 0 Å².